The number of aliphatic hydroxyl groups excluding tert-OH is 1. The molecule has 23 heavy (non-hydrogen) atoms. The van der Waals surface area contributed by atoms with Crippen LogP contribution in [0.5, 0.6) is 0 Å². The zero-order chi connectivity index (χ0) is 15.8. The third-order valence-electron chi connectivity index (χ3n) is 4.56. The van der Waals surface area contributed by atoms with Gasteiger partial charge in [-0.25, -0.2) is 15.0 Å². The fourth-order valence-electron chi connectivity index (χ4n) is 3.37. The summed E-state index contributed by atoms with van der Waals surface area (Å²) in [5.41, 5.74) is 4.58. The maximum absolute atomic E-state index is 9.26. The van der Waals surface area contributed by atoms with Crippen LogP contribution in [0.1, 0.15) is 31.0 Å². The topological polar surface area (TPSA) is 75.3 Å². The first-order valence-corrected chi connectivity index (χ1v) is 8.23. The highest BCUT2D eigenvalue weighted by atomic mass is 16.3. The molecule has 120 valence electrons. The van der Waals surface area contributed by atoms with Crippen molar-refractivity contribution < 1.29 is 9.52 Å². The third kappa shape index (κ3) is 2.34. The first-order chi connectivity index (χ1) is 11.3. The van der Waals surface area contributed by atoms with E-state index in [1.807, 2.05) is 11.8 Å². The number of rotatable bonds is 4. The summed E-state index contributed by atoms with van der Waals surface area (Å²) < 4.78 is 6.02. The number of hydrogen-bond acceptors (Lipinski definition) is 6. The van der Waals surface area contributed by atoms with Gasteiger partial charge in [-0.15, -0.1) is 0 Å². The SMILES string of the molecule is CCN(CCO)c1ncnc2c1oc1nc3c(cc12)CCCC3. The lowest BCUT2D eigenvalue weighted by atomic mass is 9.95. The Morgan fingerprint density at radius 2 is 2.13 bits per heavy atom. The van der Waals surface area contributed by atoms with Gasteiger partial charge in [0.2, 0.25) is 5.71 Å². The lowest BCUT2D eigenvalue weighted by Crippen LogP contribution is -2.27. The van der Waals surface area contributed by atoms with Gasteiger partial charge in [0.25, 0.3) is 0 Å². The van der Waals surface area contributed by atoms with Crippen molar-refractivity contribution in [2.45, 2.75) is 32.6 Å². The average Bonchev–Trinajstić information content (AvgIpc) is 2.95. The molecule has 0 radical (unpaired) electrons. The summed E-state index contributed by atoms with van der Waals surface area (Å²) in [6.07, 6.45) is 6.07. The quantitative estimate of drug-likeness (QED) is 0.797. The van der Waals surface area contributed by atoms with Crippen molar-refractivity contribution in [1.29, 1.82) is 0 Å². The monoisotopic (exact) mass is 312 g/mol. The van der Waals surface area contributed by atoms with Crippen LogP contribution in [0, 0.1) is 0 Å². The van der Waals surface area contributed by atoms with E-state index in [2.05, 4.69) is 16.0 Å². The Hall–Kier alpha value is -2.21. The van der Waals surface area contributed by atoms with Crippen LogP contribution in [0.2, 0.25) is 0 Å². The standard InChI is InChI=1S/C17H20N4O2/c1-2-21(7-8-22)16-15-14(18-10-19-16)12-9-11-5-3-4-6-13(11)20-17(12)23-15/h9-10,22H,2-8H2,1H3. The predicted octanol–water partition coefficient (Wildman–Crippen LogP) is 2.47. The van der Waals surface area contributed by atoms with Gasteiger partial charge in [0, 0.05) is 18.8 Å². The van der Waals surface area contributed by atoms with Crippen molar-refractivity contribution in [2.75, 3.05) is 24.6 Å². The molecular weight excluding hydrogens is 292 g/mol. The Bertz CT molecular complexity index is 859. The van der Waals surface area contributed by atoms with Crippen LogP contribution in [0.4, 0.5) is 5.82 Å². The van der Waals surface area contributed by atoms with Gasteiger partial charge in [-0.05, 0) is 44.2 Å². The van der Waals surface area contributed by atoms with E-state index in [1.54, 1.807) is 6.33 Å². The summed E-state index contributed by atoms with van der Waals surface area (Å²) >= 11 is 0. The molecule has 1 aliphatic rings. The van der Waals surface area contributed by atoms with E-state index < -0.39 is 0 Å². The minimum absolute atomic E-state index is 0.0755. The molecule has 6 nitrogen and oxygen atoms in total. The fourth-order valence-corrected chi connectivity index (χ4v) is 3.37. The first-order valence-electron chi connectivity index (χ1n) is 8.23. The van der Waals surface area contributed by atoms with Crippen LogP contribution < -0.4 is 4.90 Å². The van der Waals surface area contributed by atoms with Crippen LogP contribution in [0.15, 0.2) is 16.8 Å². The van der Waals surface area contributed by atoms with Gasteiger partial charge < -0.3 is 14.4 Å². The molecule has 3 aromatic rings. The van der Waals surface area contributed by atoms with E-state index in [-0.39, 0.29) is 6.61 Å². The third-order valence-corrected chi connectivity index (χ3v) is 4.56. The molecule has 0 spiro atoms. The summed E-state index contributed by atoms with van der Waals surface area (Å²) in [4.78, 5) is 15.5. The molecule has 1 aliphatic carbocycles. The molecule has 0 atom stereocenters. The lowest BCUT2D eigenvalue weighted by molar-refractivity contribution is 0.302. The van der Waals surface area contributed by atoms with E-state index in [0.29, 0.717) is 17.8 Å². The number of hydrogen-bond donors (Lipinski definition) is 1. The van der Waals surface area contributed by atoms with Gasteiger partial charge in [-0.3, -0.25) is 0 Å². The number of aryl methyl sites for hydroxylation is 2. The molecule has 0 aromatic carbocycles. The Morgan fingerprint density at radius 1 is 1.26 bits per heavy atom. The summed E-state index contributed by atoms with van der Waals surface area (Å²) in [6.45, 7) is 3.37. The van der Waals surface area contributed by atoms with Gasteiger partial charge in [0.1, 0.15) is 11.8 Å². The number of furan rings is 1. The zero-order valence-electron chi connectivity index (χ0n) is 13.2. The highest BCUT2D eigenvalue weighted by Gasteiger charge is 2.20. The zero-order valence-corrected chi connectivity index (χ0v) is 13.2. The van der Waals surface area contributed by atoms with E-state index in [4.69, 9.17) is 9.40 Å². The van der Waals surface area contributed by atoms with Crippen molar-refractivity contribution in [2.24, 2.45) is 0 Å². The number of aliphatic hydroxyl groups is 1. The summed E-state index contributed by atoms with van der Waals surface area (Å²) in [5.74, 6) is 0.725. The maximum Gasteiger partial charge on any atom is 0.229 e. The highest BCUT2D eigenvalue weighted by molar-refractivity contribution is 6.04. The molecule has 3 heterocycles. The number of pyridine rings is 1. The smallest absolute Gasteiger partial charge is 0.229 e. The van der Waals surface area contributed by atoms with Crippen molar-refractivity contribution >= 4 is 28.0 Å². The van der Waals surface area contributed by atoms with E-state index >= 15 is 0 Å². The predicted molar refractivity (Wildman–Crippen MR) is 88.7 cm³/mol. The number of aromatic nitrogens is 3. The molecule has 0 fully saturated rings. The van der Waals surface area contributed by atoms with Crippen LogP contribution in [-0.2, 0) is 12.8 Å². The molecule has 0 unspecified atom stereocenters. The van der Waals surface area contributed by atoms with Crippen LogP contribution in [0.3, 0.4) is 0 Å². The fraction of sp³-hybridized carbons (Fsp3) is 0.471. The van der Waals surface area contributed by atoms with Crippen molar-refractivity contribution in [3.05, 3.63) is 23.7 Å². The second-order valence-corrected chi connectivity index (χ2v) is 5.93. The molecule has 4 rings (SSSR count). The van der Waals surface area contributed by atoms with Crippen molar-refractivity contribution in [1.82, 2.24) is 15.0 Å². The highest BCUT2D eigenvalue weighted by Crippen LogP contribution is 2.33. The maximum atomic E-state index is 9.26. The van der Waals surface area contributed by atoms with Gasteiger partial charge in [0.15, 0.2) is 11.4 Å². The Kier molecular flexibility index (Phi) is 3.61. The second-order valence-electron chi connectivity index (χ2n) is 5.93. The normalized spacial score (nSPS) is 14.3. The Labute approximate surface area is 134 Å². The number of fused-ring (bicyclic) bond motifs is 4. The second kappa shape index (κ2) is 5.77. The van der Waals surface area contributed by atoms with Gasteiger partial charge in [-0.2, -0.15) is 0 Å². The summed E-state index contributed by atoms with van der Waals surface area (Å²) in [5, 5.41) is 10.2. The van der Waals surface area contributed by atoms with Gasteiger partial charge in [-0.1, -0.05) is 0 Å². The largest absolute Gasteiger partial charge is 0.432 e. The minimum atomic E-state index is 0.0755. The van der Waals surface area contributed by atoms with Gasteiger partial charge >= 0.3 is 0 Å². The minimum Gasteiger partial charge on any atom is -0.432 e. The summed E-state index contributed by atoms with van der Waals surface area (Å²) in [6, 6.07) is 2.18. The number of nitrogens with zero attached hydrogens (tertiary/aromatic N) is 4. The molecule has 0 saturated heterocycles. The lowest BCUT2D eigenvalue weighted by Gasteiger charge is -2.20. The molecule has 0 bridgehead atoms. The summed E-state index contributed by atoms with van der Waals surface area (Å²) in [7, 11) is 0. The van der Waals surface area contributed by atoms with E-state index in [1.165, 1.54) is 18.4 Å². The molecule has 0 saturated carbocycles. The van der Waals surface area contributed by atoms with Crippen LogP contribution in [-0.4, -0.2) is 39.8 Å². The van der Waals surface area contributed by atoms with Crippen LogP contribution >= 0.6 is 0 Å². The molecule has 6 heteroatoms. The molecule has 3 aromatic heterocycles. The number of likely N-dealkylation sites (N-methyl/N-ethyl adjacent to an activating group) is 1. The van der Waals surface area contributed by atoms with Gasteiger partial charge in [0.05, 0.1) is 12.0 Å². The average molecular weight is 312 g/mol. The van der Waals surface area contributed by atoms with E-state index in [9.17, 15) is 5.11 Å². The number of anilines is 1. The van der Waals surface area contributed by atoms with E-state index in [0.717, 1.165) is 41.8 Å². The van der Waals surface area contributed by atoms with Crippen molar-refractivity contribution in [3.8, 4) is 0 Å². The van der Waals surface area contributed by atoms with Crippen LogP contribution in [0.25, 0.3) is 22.2 Å². The Morgan fingerprint density at radius 3 is 2.96 bits per heavy atom. The van der Waals surface area contributed by atoms with Crippen molar-refractivity contribution in [3.63, 3.8) is 0 Å². The molecule has 1 N–H and O–H groups in total. The molecule has 0 amide bonds. The Balaban J connectivity index is 1.94. The molecular formula is C17H20N4O2. The first kappa shape index (κ1) is 14.4. The molecule has 0 aliphatic heterocycles.